The van der Waals surface area contributed by atoms with Gasteiger partial charge in [0.15, 0.2) is 5.79 Å². The fourth-order valence-corrected chi connectivity index (χ4v) is 3.64. The topological polar surface area (TPSA) is 21.7 Å². The smallest absolute Gasteiger partial charge is 0.168 e. The lowest BCUT2D eigenvalue weighted by molar-refractivity contribution is -0.184. The Labute approximate surface area is 110 Å². The molecule has 2 aliphatic carbocycles. The first-order valence-corrected chi connectivity index (χ1v) is 7.46. The zero-order chi connectivity index (χ0) is 12.4. The minimum absolute atomic E-state index is 0.209. The summed E-state index contributed by atoms with van der Waals surface area (Å²) in [6.45, 7) is 1.57. The molecule has 0 bridgehead atoms. The minimum Gasteiger partial charge on any atom is -0.348 e. The van der Waals surface area contributed by atoms with Gasteiger partial charge in [0.2, 0.25) is 0 Å². The Morgan fingerprint density at radius 2 is 1.83 bits per heavy atom. The number of rotatable bonds is 2. The van der Waals surface area contributed by atoms with Gasteiger partial charge in [-0.05, 0) is 39.2 Å². The summed E-state index contributed by atoms with van der Waals surface area (Å²) in [5, 5.41) is 0. The van der Waals surface area contributed by atoms with Gasteiger partial charge >= 0.3 is 0 Å². The minimum atomic E-state index is -0.209. The van der Waals surface area contributed by atoms with Crippen LogP contribution in [0.2, 0.25) is 0 Å². The second-order valence-corrected chi connectivity index (χ2v) is 5.93. The predicted octanol–water partition coefficient (Wildman–Crippen LogP) is 2.71. The Kier molecular flexibility index (Phi) is 3.73. The molecule has 3 nitrogen and oxygen atoms in total. The van der Waals surface area contributed by atoms with Crippen molar-refractivity contribution in [2.24, 2.45) is 0 Å². The maximum absolute atomic E-state index is 5.80. The SMILES string of the molecule is CN(C1C=CCCC1)C1CCC2(CC1)OCCO2. The van der Waals surface area contributed by atoms with Gasteiger partial charge in [-0.1, -0.05) is 12.2 Å². The van der Waals surface area contributed by atoms with Crippen LogP contribution in [0.5, 0.6) is 0 Å². The van der Waals surface area contributed by atoms with E-state index < -0.39 is 0 Å². The van der Waals surface area contributed by atoms with Crippen LogP contribution < -0.4 is 0 Å². The van der Waals surface area contributed by atoms with Crippen LogP contribution in [0.3, 0.4) is 0 Å². The van der Waals surface area contributed by atoms with E-state index in [1.165, 1.54) is 32.1 Å². The Hall–Kier alpha value is -0.380. The Balaban J connectivity index is 1.55. The Morgan fingerprint density at radius 1 is 1.11 bits per heavy atom. The van der Waals surface area contributed by atoms with Gasteiger partial charge in [0.25, 0.3) is 0 Å². The lowest BCUT2D eigenvalue weighted by atomic mass is 9.87. The van der Waals surface area contributed by atoms with Gasteiger partial charge in [-0.25, -0.2) is 0 Å². The number of hydrogen-bond acceptors (Lipinski definition) is 3. The van der Waals surface area contributed by atoms with Gasteiger partial charge in [0.05, 0.1) is 13.2 Å². The number of ether oxygens (including phenoxy) is 2. The van der Waals surface area contributed by atoms with Gasteiger partial charge in [-0.3, -0.25) is 4.90 Å². The number of allylic oxidation sites excluding steroid dienone is 1. The van der Waals surface area contributed by atoms with E-state index in [4.69, 9.17) is 9.47 Å². The fraction of sp³-hybridized carbons (Fsp3) is 0.867. The van der Waals surface area contributed by atoms with E-state index >= 15 is 0 Å². The van der Waals surface area contributed by atoms with Crippen molar-refractivity contribution >= 4 is 0 Å². The summed E-state index contributed by atoms with van der Waals surface area (Å²) in [7, 11) is 2.29. The standard InChI is InChI=1S/C15H25NO2/c1-16(13-5-3-2-4-6-13)14-7-9-15(10-8-14)17-11-12-18-15/h3,5,13-14H,2,4,6-12H2,1H3. The van der Waals surface area contributed by atoms with E-state index in [2.05, 4.69) is 24.1 Å². The van der Waals surface area contributed by atoms with Crippen molar-refractivity contribution in [1.82, 2.24) is 4.90 Å². The van der Waals surface area contributed by atoms with Crippen LogP contribution in [0, 0.1) is 0 Å². The van der Waals surface area contributed by atoms with Crippen molar-refractivity contribution < 1.29 is 9.47 Å². The molecule has 3 heteroatoms. The zero-order valence-corrected chi connectivity index (χ0v) is 11.4. The highest BCUT2D eigenvalue weighted by atomic mass is 16.7. The molecule has 0 amide bonds. The Bertz CT molecular complexity index is 300. The van der Waals surface area contributed by atoms with Crippen LogP contribution in [-0.4, -0.2) is 43.0 Å². The quantitative estimate of drug-likeness (QED) is 0.704. The monoisotopic (exact) mass is 251 g/mol. The fourth-order valence-electron chi connectivity index (χ4n) is 3.64. The highest BCUT2D eigenvalue weighted by molar-refractivity contribution is 5.00. The molecule has 1 unspecified atom stereocenters. The van der Waals surface area contributed by atoms with Gasteiger partial charge in [-0.15, -0.1) is 0 Å². The van der Waals surface area contributed by atoms with Crippen molar-refractivity contribution in [2.45, 2.75) is 62.8 Å². The second-order valence-electron chi connectivity index (χ2n) is 5.93. The largest absolute Gasteiger partial charge is 0.348 e. The lowest BCUT2D eigenvalue weighted by Gasteiger charge is -2.41. The molecule has 1 saturated heterocycles. The maximum atomic E-state index is 5.80. The van der Waals surface area contributed by atoms with E-state index in [1.54, 1.807) is 0 Å². The van der Waals surface area contributed by atoms with Crippen LogP contribution in [0.1, 0.15) is 44.9 Å². The first-order valence-electron chi connectivity index (χ1n) is 7.46. The van der Waals surface area contributed by atoms with E-state index in [9.17, 15) is 0 Å². The molecule has 102 valence electrons. The van der Waals surface area contributed by atoms with Crippen molar-refractivity contribution in [3.63, 3.8) is 0 Å². The lowest BCUT2D eigenvalue weighted by Crippen LogP contribution is -2.46. The number of nitrogens with zero attached hydrogens (tertiary/aromatic N) is 1. The molecule has 1 spiro atoms. The molecular weight excluding hydrogens is 226 g/mol. The van der Waals surface area contributed by atoms with Crippen molar-refractivity contribution in [3.8, 4) is 0 Å². The highest BCUT2D eigenvalue weighted by Gasteiger charge is 2.41. The van der Waals surface area contributed by atoms with Crippen LogP contribution in [0.4, 0.5) is 0 Å². The first kappa shape index (κ1) is 12.6. The molecule has 0 N–H and O–H groups in total. The molecule has 0 aromatic carbocycles. The molecule has 1 saturated carbocycles. The second kappa shape index (κ2) is 5.32. The summed E-state index contributed by atoms with van der Waals surface area (Å²) >= 11 is 0. The van der Waals surface area contributed by atoms with Crippen LogP contribution in [0.15, 0.2) is 12.2 Å². The van der Waals surface area contributed by atoms with Crippen LogP contribution in [0.25, 0.3) is 0 Å². The summed E-state index contributed by atoms with van der Waals surface area (Å²) in [5.74, 6) is -0.209. The molecule has 0 radical (unpaired) electrons. The average Bonchev–Trinajstić information content (AvgIpc) is 2.88. The van der Waals surface area contributed by atoms with E-state index in [1.807, 2.05) is 0 Å². The zero-order valence-electron chi connectivity index (χ0n) is 11.4. The van der Waals surface area contributed by atoms with E-state index in [0.29, 0.717) is 12.1 Å². The van der Waals surface area contributed by atoms with Gasteiger partial charge in [0.1, 0.15) is 0 Å². The molecular formula is C15H25NO2. The number of likely N-dealkylation sites (N-methyl/N-ethyl adjacent to an activating group) is 1. The van der Waals surface area contributed by atoms with Crippen molar-refractivity contribution in [1.29, 1.82) is 0 Å². The van der Waals surface area contributed by atoms with Crippen LogP contribution in [-0.2, 0) is 9.47 Å². The summed E-state index contributed by atoms with van der Waals surface area (Å²) in [6.07, 6.45) is 13.2. The third-order valence-electron chi connectivity index (χ3n) is 4.86. The predicted molar refractivity (Wildman–Crippen MR) is 71.4 cm³/mol. The maximum Gasteiger partial charge on any atom is 0.168 e. The van der Waals surface area contributed by atoms with Crippen molar-refractivity contribution in [2.75, 3.05) is 20.3 Å². The molecule has 2 fully saturated rings. The van der Waals surface area contributed by atoms with E-state index in [-0.39, 0.29) is 5.79 Å². The highest BCUT2D eigenvalue weighted by Crippen LogP contribution is 2.37. The molecule has 3 rings (SSSR count). The summed E-state index contributed by atoms with van der Waals surface area (Å²) < 4.78 is 11.6. The average molecular weight is 251 g/mol. The number of hydrogen-bond donors (Lipinski definition) is 0. The van der Waals surface area contributed by atoms with Gasteiger partial charge < -0.3 is 9.47 Å². The summed E-state index contributed by atoms with van der Waals surface area (Å²) in [5.41, 5.74) is 0. The van der Waals surface area contributed by atoms with Gasteiger partial charge in [-0.2, -0.15) is 0 Å². The summed E-state index contributed by atoms with van der Waals surface area (Å²) in [4.78, 5) is 2.58. The van der Waals surface area contributed by atoms with E-state index in [0.717, 1.165) is 26.1 Å². The van der Waals surface area contributed by atoms with Crippen LogP contribution >= 0.6 is 0 Å². The third-order valence-corrected chi connectivity index (χ3v) is 4.86. The Morgan fingerprint density at radius 3 is 2.44 bits per heavy atom. The molecule has 3 aliphatic rings. The summed E-state index contributed by atoms with van der Waals surface area (Å²) in [6, 6.07) is 1.36. The molecule has 1 aliphatic heterocycles. The molecule has 0 aromatic rings. The normalized spacial score (nSPS) is 32.4. The first-order chi connectivity index (χ1) is 8.79. The third kappa shape index (κ3) is 2.49. The molecule has 0 aromatic heterocycles. The molecule has 18 heavy (non-hydrogen) atoms. The van der Waals surface area contributed by atoms with Gasteiger partial charge in [0, 0.05) is 24.9 Å². The molecule has 1 atom stereocenters. The molecule has 1 heterocycles. The van der Waals surface area contributed by atoms with Crippen molar-refractivity contribution in [3.05, 3.63) is 12.2 Å².